The van der Waals surface area contributed by atoms with E-state index in [1.54, 1.807) is 0 Å². The molecule has 0 aromatic heterocycles. The van der Waals surface area contributed by atoms with Gasteiger partial charge in [-0.25, -0.2) is 0 Å². The van der Waals surface area contributed by atoms with Crippen molar-refractivity contribution in [1.29, 1.82) is 0 Å². The molecule has 0 aromatic carbocycles. The van der Waals surface area contributed by atoms with E-state index < -0.39 is 0 Å². The Kier molecular flexibility index (Phi) is 2.85. The average molecular weight is 252 g/mol. The number of nitrogens with zero attached hydrogens (tertiary/aromatic N) is 1. The summed E-state index contributed by atoms with van der Waals surface area (Å²) in [4.78, 5) is 2.40. The third kappa shape index (κ3) is 1.87. The summed E-state index contributed by atoms with van der Waals surface area (Å²) in [5, 5.41) is 0.647. The van der Waals surface area contributed by atoms with Crippen LogP contribution in [0.2, 0.25) is 0 Å². The minimum atomic E-state index is 0.358. The Morgan fingerprint density at radius 1 is 1.18 bits per heavy atom. The van der Waals surface area contributed by atoms with Crippen LogP contribution in [-0.2, 0) is 0 Å². The molecule has 0 radical (unpaired) electrons. The minimum absolute atomic E-state index is 0.358. The van der Waals surface area contributed by atoms with Crippen molar-refractivity contribution >= 4 is 17.3 Å². The first-order chi connectivity index (χ1) is 8.13. The van der Waals surface area contributed by atoms with Gasteiger partial charge in [-0.3, -0.25) is 0 Å². The molecule has 0 heterocycles. The van der Waals surface area contributed by atoms with E-state index in [9.17, 15) is 0 Å². The molecule has 4 bridgehead atoms. The molecule has 4 aliphatic carbocycles. The highest BCUT2D eigenvalue weighted by atomic mass is 32.1. The molecule has 4 fully saturated rings. The molecule has 2 N–H and O–H groups in total. The Labute approximate surface area is 110 Å². The molecule has 0 spiro atoms. The van der Waals surface area contributed by atoms with Crippen LogP contribution in [0.15, 0.2) is 0 Å². The van der Waals surface area contributed by atoms with Crippen LogP contribution in [0.3, 0.4) is 0 Å². The molecule has 17 heavy (non-hydrogen) atoms. The maximum absolute atomic E-state index is 6.00. The van der Waals surface area contributed by atoms with Crippen molar-refractivity contribution < 1.29 is 0 Å². The molecule has 4 saturated carbocycles. The topological polar surface area (TPSA) is 29.3 Å². The van der Waals surface area contributed by atoms with E-state index in [2.05, 4.69) is 11.8 Å². The van der Waals surface area contributed by atoms with Gasteiger partial charge in [0.2, 0.25) is 0 Å². The van der Waals surface area contributed by atoms with Gasteiger partial charge in [0.05, 0.1) is 0 Å². The van der Waals surface area contributed by atoms with Gasteiger partial charge in [0.25, 0.3) is 0 Å². The minimum Gasteiger partial charge on any atom is -0.376 e. The van der Waals surface area contributed by atoms with Crippen LogP contribution >= 0.6 is 12.2 Å². The zero-order valence-electron chi connectivity index (χ0n) is 10.8. The summed E-state index contributed by atoms with van der Waals surface area (Å²) in [6, 6.07) is 0. The number of hydrogen-bond acceptors (Lipinski definition) is 1. The molecular weight excluding hydrogens is 228 g/mol. The maximum Gasteiger partial charge on any atom is 0.166 e. The predicted octanol–water partition coefficient (Wildman–Crippen LogP) is 2.91. The van der Waals surface area contributed by atoms with Crippen molar-refractivity contribution in [3.05, 3.63) is 0 Å². The molecule has 0 aliphatic heterocycles. The lowest BCUT2D eigenvalue weighted by molar-refractivity contribution is -0.0616. The largest absolute Gasteiger partial charge is 0.376 e. The Hall–Kier alpha value is -0.310. The van der Waals surface area contributed by atoms with Gasteiger partial charge in [0.1, 0.15) is 0 Å². The van der Waals surface area contributed by atoms with Gasteiger partial charge in [0, 0.05) is 12.1 Å². The predicted molar refractivity (Wildman–Crippen MR) is 74.7 cm³/mol. The molecule has 0 aromatic rings. The van der Waals surface area contributed by atoms with E-state index in [0.717, 1.165) is 30.7 Å². The molecule has 2 nitrogen and oxygen atoms in total. The van der Waals surface area contributed by atoms with E-state index in [1.165, 1.54) is 38.5 Å². The van der Waals surface area contributed by atoms with Crippen molar-refractivity contribution in [2.75, 3.05) is 6.54 Å². The molecular formula is C14H24N2S. The molecule has 4 rings (SSSR count). The fourth-order valence-electron chi connectivity index (χ4n) is 5.20. The van der Waals surface area contributed by atoms with E-state index >= 15 is 0 Å². The third-order valence-corrected chi connectivity index (χ3v) is 5.51. The van der Waals surface area contributed by atoms with Crippen LogP contribution in [0.4, 0.5) is 0 Å². The van der Waals surface area contributed by atoms with E-state index in [0.29, 0.717) is 10.7 Å². The number of nitrogens with two attached hydrogens (primary N) is 1. The van der Waals surface area contributed by atoms with Crippen molar-refractivity contribution in [2.45, 2.75) is 57.4 Å². The molecule has 0 unspecified atom stereocenters. The molecule has 4 aliphatic rings. The van der Waals surface area contributed by atoms with Crippen molar-refractivity contribution in [3.63, 3.8) is 0 Å². The first-order valence-corrected chi connectivity index (χ1v) is 7.61. The van der Waals surface area contributed by atoms with Crippen molar-refractivity contribution in [3.8, 4) is 0 Å². The summed E-state index contributed by atoms with van der Waals surface area (Å²) < 4.78 is 0. The first-order valence-electron chi connectivity index (χ1n) is 7.20. The number of thiocarbonyl (C=S) groups is 1. The monoisotopic (exact) mass is 252 g/mol. The summed E-state index contributed by atoms with van der Waals surface area (Å²) in [7, 11) is 0. The fourth-order valence-corrected chi connectivity index (χ4v) is 5.49. The molecule has 0 amide bonds. The lowest BCUT2D eigenvalue weighted by Gasteiger charge is -2.60. The summed E-state index contributed by atoms with van der Waals surface area (Å²) in [5.74, 6) is 2.90. The van der Waals surface area contributed by atoms with Crippen LogP contribution in [0, 0.1) is 17.8 Å². The van der Waals surface area contributed by atoms with E-state index in [-0.39, 0.29) is 0 Å². The SMILES string of the molecule is CCCN(C(N)=S)C12CC3CC(CC(C3)C1)C2. The van der Waals surface area contributed by atoms with E-state index in [4.69, 9.17) is 18.0 Å². The standard InChI is InChI=1S/C14H24N2S/c1-2-3-16(13(15)17)14-7-10-4-11(8-14)6-12(5-10)9-14/h10-12H,2-9H2,1H3,(H2,15,17). The summed E-state index contributed by atoms with van der Waals surface area (Å²) >= 11 is 5.32. The summed E-state index contributed by atoms with van der Waals surface area (Å²) in [6.07, 6.45) is 9.67. The normalized spacial score (nSPS) is 42.8. The Bertz CT molecular complexity index is 291. The molecule has 0 atom stereocenters. The van der Waals surface area contributed by atoms with E-state index in [1.807, 2.05) is 0 Å². The van der Waals surface area contributed by atoms with Gasteiger partial charge < -0.3 is 10.6 Å². The second kappa shape index (κ2) is 4.11. The zero-order valence-corrected chi connectivity index (χ0v) is 11.6. The highest BCUT2D eigenvalue weighted by Gasteiger charge is 2.53. The number of rotatable bonds is 3. The molecule has 3 heteroatoms. The Balaban J connectivity index is 1.87. The van der Waals surface area contributed by atoms with Crippen molar-refractivity contribution in [2.24, 2.45) is 23.5 Å². The van der Waals surface area contributed by atoms with Gasteiger partial charge in [-0.05, 0) is 74.9 Å². The first kappa shape index (κ1) is 11.8. The highest BCUT2D eigenvalue weighted by Crippen LogP contribution is 2.57. The maximum atomic E-state index is 6.00. The van der Waals surface area contributed by atoms with Crippen LogP contribution in [0.25, 0.3) is 0 Å². The Morgan fingerprint density at radius 2 is 1.65 bits per heavy atom. The fraction of sp³-hybridized carbons (Fsp3) is 0.929. The molecule has 96 valence electrons. The smallest absolute Gasteiger partial charge is 0.166 e. The van der Waals surface area contributed by atoms with Gasteiger partial charge >= 0.3 is 0 Å². The third-order valence-electron chi connectivity index (χ3n) is 5.29. The summed E-state index contributed by atoms with van der Waals surface area (Å²) in [5.41, 5.74) is 6.36. The zero-order chi connectivity index (χ0) is 12.0. The van der Waals surface area contributed by atoms with Crippen LogP contribution < -0.4 is 5.73 Å². The summed E-state index contributed by atoms with van der Waals surface area (Å²) in [6.45, 7) is 3.28. The van der Waals surface area contributed by atoms with Crippen molar-refractivity contribution in [1.82, 2.24) is 4.90 Å². The molecule has 0 saturated heterocycles. The van der Waals surface area contributed by atoms with Crippen LogP contribution in [-0.4, -0.2) is 22.1 Å². The van der Waals surface area contributed by atoms with Gasteiger partial charge in [-0.2, -0.15) is 0 Å². The quantitative estimate of drug-likeness (QED) is 0.783. The number of hydrogen-bond donors (Lipinski definition) is 1. The lowest BCUT2D eigenvalue weighted by Crippen LogP contribution is -2.62. The van der Waals surface area contributed by atoms with Crippen LogP contribution in [0.5, 0.6) is 0 Å². The Morgan fingerprint density at radius 3 is 2.00 bits per heavy atom. The van der Waals surface area contributed by atoms with Gasteiger partial charge in [-0.1, -0.05) is 6.92 Å². The van der Waals surface area contributed by atoms with Crippen LogP contribution in [0.1, 0.15) is 51.9 Å². The van der Waals surface area contributed by atoms with Gasteiger partial charge in [-0.15, -0.1) is 0 Å². The second-order valence-electron chi connectivity index (χ2n) is 6.63. The lowest BCUT2D eigenvalue weighted by atomic mass is 9.52. The van der Waals surface area contributed by atoms with Gasteiger partial charge in [0.15, 0.2) is 5.11 Å². The second-order valence-corrected chi connectivity index (χ2v) is 7.05. The average Bonchev–Trinajstić information content (AvgIpc) is 2.23. The highest BCUT2D eigenvalue weighted by molar-refractivity contribution is 7.80.